The van der Waals surface area contributed by atoms with Crippen molar-refractivity contribution in [3.8, 4) is 0 Å². The van der Waals surface area contributed by atoms with Gasteiger partial charge in [-0.3, -0.25) is 4.21 Å². The summed E-state index contributed by atoms with van der Waals surface area (Å²) in [6, 6.07) is 4.52. The van der Waals surface area contributed by atoms with Crippen molar-refractivity contribution in [1.82, 2.24) is 9.55 Å². The van der Waals surface area contributed by atoms with Gasteiger partial charge in [-0.15, -0.1) is 11.6 Å². The number of fused-ring (bicyclic) bond motifs is 1. The summed E-state index contributed by atoms with van der Waals surface area (Å²) in [5.74, 6) is 1.48. The van der Waals surface area contributed by atoms with E-state index in [1.807, 2.05) is 11.5 Å². The van der Waals surface area contributed by atoms with E-state index in [4.69, 9.17) is 11.6 Å². The van der Waals surface area contributed by atoms with Gasteiger partial charge in [0.05, 0.1) is 11.0 Å². The highest BCUT2D eigenvalue weighted by atomic mass is 35.5. The van der Waals surface area contributed by atoms with E-state index in [0.717, 1.165) is 16.9 Å². The maximum atomic E-state index is 13.4. The number of hydrogen-bond donors (Lipinski definition) is 0. The first-order valence-corrected chi connectivity index (χ1v) is 8.31. The monoisotopic (exact) mass is 302 g/mol. The Kier molecular flexibility index (Phi) is 4.58. The Morgan fingerprint density at radius 2 is 2.26 bits per heavy atom. The fourth-order valence-electron chi connectivity index (χ4n) is 2.28. The predicted octanol–water partition coefficient (Wildman–Crippen LogP) is 2.90. The van der Waals surface area contributed by atoms with E-state index < -0.39 is 10.8 Å². The molecule has 0 aliphatic rings. The number of benzene rings is 1. The minimum absolute atomic E-state index is 0.00384. The lowest BCUT2D eigenvalue weighted by atomic mass is 10.3. The number of aryl methyl sites for hydroxylation is 1. The highest BCUT2D eigenvalue weighted by Gasteiger charge is 2.17. The van der Waals surface area contributed by atoms with Gasteiger partial charge in [0.2, 0.25) is 0 Å². The molecule has 2 unspecified atom stereocenters. The lowest BCUT2D eigenvalue weighted by Gasteiger charge is -2.16. The van der Waals surface area contributed by atoms with Crippen molar-refractivity contribution in [3.63, 3.8) is 0 Å². The van der Waals surface area contributed by atoms with Crippen LogP contribution >= 0.6 is 11.6 Å². The van der Waals surface area contributed by atoms with Gasteiger partial charge in [0.1, 0.15) is 11.6 Å². The summed E-state index contributed by atoms with van der Waals surface area (Å²) < 4.78 is 26.8. The Morgan fingerprint density at radius 1 is 1.53 bits per heavy atom. The molecule has 6 heteroatoms. The highest BCUT2D eigenvalue weighted by molar-refractivity contribution is 7.84. The third-order valence-corrected chi connectivity index (χ3v) is 4.10. The number of halogens is 2. The second-order valence-corrected chi connectivity index (χ2v) is 6.42. The van der Waals surface area contributed by atoms with Crippen LogP contribution in [0.1, 0.15) is 18.8 Å². The van der Waals surface area contributed by atoms with Crippen LogP contribution in [0.4, 0.5) is 4.39 Å². The Morgan fingerprint density at radius 3 is 2.89 bits per heavy atom. The van der Waals surface area contributed by atoms with Gasteiger partial charge in [-0.25, -0.2) is 9.37 Å². The standard InChI is InChI=1S/C13H16ClFN2OS/c1-9(8-19(2)18)17-12-7-10(15)3-4-11(12)16-13(17)5-6-14/h3-4,7,9H,5-6,8H2,1-2H3. The van der Waals surface area contributed by atoms with Crippen molar-refractivity contribution < 1.29 is 8.60 Å². The maximum absolute atomic E-state index is 13.4. The number of aromatic nitrogens is 2. The van der Waals surface area contributed by atoms with E-state index in [-0.39, 0.29) is 11.9 Å². The van der Waals surface area contributed by atoms with Crippen LogP contribution in [0, 0.1) is 5.82 Å². The zero-order valence-corrected chi connectivity index (χ0v) is 12.5. The van der Waals surface area contributed by atoms with Crippen LogP contribution in [0.25, 0.3) is 11.0 Å². The highest BCUT2D eigenvalue weighted by Crippen LogP contribution is 2.23. The molecule has 0 fully saturated rings. The molecular formula is C13H16ClFN2OS. The van der Waals surface area contributed by atoms with Gasteiger partial charge in [0.15, 0.2) is 0 Å². The van der Waals surface area contributed by atoms with Crippen molar-refractivity contribution in [2.24, 2.45) is 0 Å². The Balaban J connectivity index is 2.55. The number of imidazole rings is 1. The van der Waals surface area contributed by atoms with Gasteiger partial charge < -0.3 is 4.57 Å². The smallest absolute Gasteiger partial charge is 0.125 e. The molecule has 0 saturated heterocycles. The van der Waals surface area contributed by atoms with Crippen molar-refractivity contribution in [1.29, 1.82) is 0 Å². The van der Waals surface area contributed by atoms with Gasteiger partial charge in [0, 0.05) is 41.2 Å². The topological polar surface area (TPSA) is 34.9 Å². The molecule has 0 aliphatic carbocycles. The fourth-order valence-corrected chi connectivity index (χ4v) is 3.28. The molecule has 0 amide bonds. The fraction of sp³-hybridized carbons (Fsp3) is 0.462. The van der Waals surface area contributed by atoms with E-state index in [2.05, 4.69) is 4.98 Å². The SMILES string of the molecule is CC(CS(C)=O)n1c(CCCl)nc2ccc(F)cc21. The first-order chi connectivity index (χ1) is 9.02. The molecule has 2 rings (SSSR count). The molecule has 0 aliphatic heterocycles. The summed E-state index contributed by atoms with van der Waals surface area (Å²) in [6.45, 7) is 1.96. The third kappa shape index (κ3) is 3.15. The Hall–Kier alpha value is -0.940. The number of nitrogens with zero attached hydrogens (tertiary/aromatic N) is 2. The normalized spacial score (nSPS) is 14.7. The van der Waals surface area contributed by atoms with Crippen molar-refractivity contribution >= 4 is 33.4 Å². The molecule has 0 radical (unpaired) electrons. The number of hydrogen-bond acceptors (Lipinski definition) is 2. The van der Waals surface area contributed by atoms with Crippen molar-refractivity contribution in [2.75, 3.05) is 17.9 Å². The van der Waals surface area contributed by atoms with E-state index in [0.29, 0.717) is 18.1 Å². The second kappa shape index (κ2) is 6.01. The minimum atomic E-state index is -0.916. The second-order valence-electron chi connectivity index (χ2n) is 4.56. The molecule has 3 nitrogen and oxygen atoms in total. The van der Waals surface area contributed by atoms with Crippen LogP contribution in [0.5, 0.6) is 0 Å². The van der Waals surface area contributed by atoms with Crippen LogP contribution in [0.3, 0.4) is 0 Å². The minimum Gasteiger partial charge on any atom is -0.324 e. The summed E-state index contributed by atoms with van der Waals surface area (Å²) in [7, 11) is -0.916. The zero-order chi connectivity index (χ0) is 14.0. The molecule has 0 saturated carbocycles. The van der Waals surface area contributed by atoms with Crippen molar-refractivity contribution in [2.45, 2.75) is 19.4 Å². The Bertz CT molecular complexity index is 614. The van der Waals surface area contributed by atoms with Crippen LogP contribution in [-0.2, 0) is 17.2 Å². The quantitative estimate of drug-likeness (QED) is 0.796. The number of rotatable bonds is 5. The predicted molar refractivity (Wildman–Crippen MR) is 77.8 cm³/mol. The number of alkyl halides is 1. The van der Waals surface area contributed by atoms with Gasteiger partial charge in [0.25, 0.3) is 0 Å². The molecule has 0 bridgehead atoms. The van der Waals surface area contributed by atoms with Gasteiger partial charge in [-0.1, -0.05) is 0 Å². The molecule has 0 spiro atoms. The van der Waals surface area contributed by atoms with Crippen LogP contribution < -0.4 is 0 Å². The van der Waals surface area contributed by atoms with Crippen LogP contribution in [-0.4, -0.2) is 31.6 Å². The summed E-state index contributed by atoms with van der Waals surface area (Å²) in [4.78, 5) is 4.48. The van der Waals surface area contributed by atoms with Gasteiger partial charge in [-0.2, -0.15) is 0 Å². The van der Waals surface area contributed by atoms with E-state index in [9.17, 15) is 8.60 Å². The van der Waals surface area contributed by atoms with Crippen LogP contribution in [0.2, 0.25) is 0 Å². The van der Waals surface area contributed by atoms with Crippen molar-refractivity contribution in [3.05, 3.63) is 29.8 Å². The molecule has 104 valence electrons. The first-order valence-electron chi connectivity index (χ1n) is 6.05. The van der Waals surface area contributed by atoms with Gasteiger partial charge >= 0.3 is 0 Å². The van der Waals surface area contributed by atoms with Gasteiger partial charge in [-0.05, 0) is 25.1 Å². The molecule has 1 aromatic heterocycles. The average Bonchev–Trinajstić information content (AvgIpc) is 2.65. The molecule has 19 heavy (non-hydrogen) atoms. The summed E-state index contributed by atoms with van der Waals surface area (Å²) in [5, 5.41) is 0. The maximum Gasteiger partial charge on any atom is 0.125 e. The largest absolute Gasteiger partial charge is 0.324 e. The van der Waals surface area contributed by atoms with E-state index in [1.165, 1.54) is 12.1 Å². The molecule has 1 aromatic carbocycles. The summed E-state index contributed by atoms with van der Waals surface area (Å²) in [5.41, 5.74) is 1.48. The lowest BCUT2D eigenvalue weighted by Crippen LogP contribution is -2.16. The molecule has 0 N–H and O–H groups in total. The summed E-state index contributed by atoms with van der Waals surface area (Å²) in [6.07, 6.45) is 2.27. The Labute approximate surface area is 119 Å². The first kappa shape index (κ1) is 14.5. The zero-order valence-electron chi connectivity index (χ0n) is 10.9. The average molecular weight is 303 g/mol. The molecule has 2 aromatic rings. The third-order valence-electron chi connectivity index (χ3n) is 2.96. The molecular weight excluding hydrogens is 287 g/mol. The molecule has 2 atom stereocenters. The van der Waals surface area contributed by atoms with E-state index in [1.54, 1.807) is 12.3 Å². The lowest BCUT2D eigenvalue weighted by molar-refractivity contribution is 0.584. The summed E-state index contributed by atoms with van der Waals surface area (Å²) >= 11 is 5.79. The molecule has 1 heterocycles. The van der Waals surface area contributed by atoms with E-state index >= 15 is 0 Å². The van der Waals surface area contributed by atoms with Crippen LogP contribution in [0.15, 0.2) is 18.2 Å².